The lowest BCUT2D eigenvalue weighted by atomic mass is 9.72. The average molecular weight is 446 g/mol. The van der Waals surface area contributed by atoms with E-state index < -0.39 is 30.6 Å². The lowest BCUT2D eigenvalue weighted by Gasteiger charge is -2.41. The Kier molecular flexibility index (Phi) is 12.5. The third kappa shape index (κ3) is 9.78. The van der Waals surface area contributed by atoms with Gasteiger partial charge in [-0.05, 0) is 37.2 Å². The molecule has 1 unspecified atom stereocenters. The molecule has 0 aliphatic heterocycles. The summed E-state index contributed by atoms with van der Waals surface area (Å²) in [6.07, 6.45) is 12.9. The molecule has 0 aromatic heterocycles. The van der Waals surface area contributed by atoms with Crippen LogP contribution in [0.4, 0.5) is 0 Å². The van der Waals surface area contributed by atoms with Crippen molar-refractivity contribution in [2.24, 2.45) is 5.92 Å². The molecule has 0 aromatic carbocycles. The molecule has 5 N–H and O–H groups in total. The van der Waals surface area contributed by atoms with E-state index in [1.807, 2.05) is 26.0 Å². The van der Waals surface area contributed by atoms with E-state index in [-0.39, 0.29) is 25.7 Å². The number of ether oxygens (including phenoxy) is 1. The number of rotatable bonds is 11. The first-order valence-corrected chi connectivity index (χ1v) is 11.1. The number of hydrogen-bond donors (Lipinski definition) is 5. The van der Waals surface area contributed by atoms with Gasteiger partial charge in [0.1, 0.15) is 12.1 Å². The lowest BCUT2D eigenvalue weighted by molar-refractivity contribution is -0.317. The summed E-state index contributed by atoms with van der Waals surface area (Å²) in [5.41, 5.74) is -0.0953. The Morgan fingerprint density at radius 3 is 2.39 bits per heavy atom. The molecule has 9 heteroatoms. The van der Waals surface area contributed by atoms with Gasteiger partial charge in [-0.2, -0.15) is 5.26 Å². The fraction of sp³-hybridized carbons (Fsp3) is 0.773. The highest BCUT2D eigenvalue weighted by Crippen LogP contribution is 2.39. The predicted octanol–water partition coefficient (Wildman–Crippen LogP) is 1.57. The topological polar surface area (TPSA) is 140 Å². The molecule has 31 heavy (non-hydrogen) atoms. The third-order valence-electron chi connectivity index (χ3n) is 5.61. The largest absolute Gasteiger partial charge is 0.383 e. The van der Waals surface area contributed by atoms with Crippen LogP contribution in [-0.2, 0) is 14.4 Å². The Morgan fingerprint density at radius 1 is 1.16 bits per heavy atom. The van der Waals surface area contributed by atoms with Crippen LogP contribution in [0.3, 0.4) is 0 Å². The summed E-state index contributed by atoms with van der Waals surface area (Å²) in [5, 5.41) is 47.4. The molecule has 1 atom stereocenters. The van der Waals surface area contributed by atoms with Crippen LogP contribution in [0.25, 0.3) is 0 Å². The highest BCUT2D eigenvalue weighted by Gasteiger charge is 2.40. The van der Waals surface area contributed by atoms with Gasteiger partial charge < -0.3 is 25.2 Å². The predicted molar refractivity (Wildman–Crippen MR) is 115 cm³/mol. The van der Waals surface area contributed by atoms with Gasteiger partial charge in [0, 0.05) is 6.54 Å². The standard InChI is InChI=1S/C20H33NO8.C2H6/c22-18(29-27)13-21(14-20(24,25)26)11-12-28-15-19(23,16-7-3-1-4-8-16)17-9-5-2-6-10-17;1-2/h1,3,7,17,23-27H,2,4-6,8-15H2;1-2H3. The Bertz CT molecular complexity index is 581. The molecule has 1 fully saturated rings. The first kappa shape index (κ1) is 27.7. The van der Waals surface area contributed by atoms with Gasteiger partial charge in [-0.25, -0.2) is 4.79 Å². The van der Waals surface area contributed by atoms with Gasteiger partial charge in [0.25, 0.3) is 5.97 Å². The summed E-state index contributed by atoms with van der Waals surface area (Å²) < 4.78 is 5.75. The molecule has 0 amide bonds. The van der Waals surface area contributed by atoms with Crippen molar-refractivity contribution in [3.05, 3.63) is 23.8 Å². The summed E-state index contributed by atoms with van der Waals surface area (Å²) >= 11 is 0. The third-order valence-corrected chi connectivity index (χ3v) is 5.61. The molecule has 2 rings (SSSR count). The first-order chi connectivity index (χ1) is 14.7. The quantitative estimate of drug-likeness (QED) is 0.139. The molecule has 0 heterocycles. The van der Waals surface area contributed by atoms with Crippen LogP contribution in [0.2, 0.25) is 0 Å². The van der Waals surface area contributed by atoms with E-state index in [4.69, 9.17) is 25.3 Å². The van der Waals surface area contributed by atoms with Crippen molar-refractivity contribution in [3.8, 4) is 0 Å². The summed E-state index contributed by atoms with van der Waals surface area (Å²) in [6, 6.07) is 0. The summed E-state index contributed by atoms with van der Waals surface area (Å²) in [4.78, 5) is 16.0. The molecule has 1 saturated carbocycles. The highest BCUT2D eigenvalue weighted by molar-refractivity contribution is 5.70. The van der Waals surface area contributed by atoms with Gasteiger partial charge in [-0.15, -0.1) is 0 Å². The molecule has 180 valence electrons. The Balaban J connectivity index is 0.00000233. The van der Waals surface area contributed by atoms with E-state index in [1.54, 1.807) is 0 Å². The van der Waals surface area contributed by atoms with E-state index >= 15 is 0 Å². The number of carbonyl (C=O) groups is 1. The van der Waals surface area contributed by atoms with Crippen molar-refractivity contribution >= 4 is 5.97 Å². The molecule has 0 spiro atoms. The van der Waals surface area contributed by atoms with Gasteiger partial charge in [-0.1, -0.05) is 51.3 Å². The van der Waals surface area contributed by atoms with E-state index in [9.17, 15) is 9.90 Å². The van der Waals surface area contributed by atoms with Gasteiger partial charge >= 0.3 is 5.97 Å². The highest BCUT2D eigenvalue weighted by atomic mass is 17.1. The molecule has 0 saturated heterocycles. The second kappa shape index (κ2) is 13.9. The van der Waals surface area contributed by atoms with Gasteiger partial charge in [-0.3, -0.25) is 9.79 Å². The smallest absolute Gasteiger partial charge is 0.355 e. The van der Waals surface area contributed by atoms with Crippen LogP contribution in [0.15, 0.2) is 23.8 Å². The maximum Gasteiger partial charge on any atom is 0.355 e. The normalized spacial score (nSPS) is 19.3. The lowest BCUT2D eigenvalue weighted by Crippen LogP contribution is -2.48. The van der Waals surface area contributed by atoms with E-state index in [2.05, 4.69) is 11.0 Å². The minimum absolute atomic E-state index is 0.0538. The Labute approximate surface area is 184 Å². The van der Waals surface area contributed by atoms with Crippen molar-refractivity contribution < 1.29 is 40.1 Å². The van der Waals surface area contributed by atoms with Crippen molar-refractivity contribution in [3.63, 3.8) is 0 Å². The first-order valence-electron chi connectivity index (χ1n) is 11.1. The van der Waals surface area contributed by atoms with Crippen LogP contribution in [0, 0.1) is 5.92 Å². The van der Waals surface area contributed by atoms with Crippen LogP contribution in [-0.4, -0.2) is 81.0 Å². The Morgan fingerprint density at radius 2 is 1.84 bits per heavy atom. The molecule has 2 aliphatic carbocycles. The Hall–Kier alpha value is -1.33. The van der Waals surface area contributed by atoms with Crippen molar-refractivity contribution in [2.45, 2.75) is 70.4 Å². The number of carbonyl (C=O) groups excluding carboxylic acids is 1. The van der Waals surface area contributed by atoms with E-state index in [1.165, 1.54) is 11.3 Å². The molecule has 0 aromatic rings. The van der Waals surface area contributed by atoms with Crippen LogP contribution in [0.1, 0.15) is 58.8 Å². The molecule has 0 radical (unpaired) electrons. The van der Waals surface area contributed by atoms with E-state index in [0.717, 1.165) is 44.1 Å². The monoisotopic (exact) mass is 445 g/mol. The maximum atomic E-state index is 11.5. The van der Waals surface area contributed by atoms with Gasteiger partial charge in [0.2, 0.25) is 0 Å². The van der Waals surface area contributed by atoms with Gasteiger partial charge in [0.15, 0.2) is 0 Å². The summed E-state index contributed by atoms with van der Waals surface area (Å²) in [6.45, 7) is 3.10. The molecule has 0 bridgehead atoms. The second-order valence-corrected chi connectivity index (χ2v) is 7.92. The zero-order valence-electron chi connectivity index (χ0n) is 18.7. The van der Waals surface area contributed by atoms with Crippen LogP contribution in [0.5, 0.6) is 0 Å². The fourth-order valence-electron chi connectivity index (χ4n) is 4.16. The fourth-order valence-corrected chi connectivity index (χ4v) is 4.16. The molecular weight excluding hydrogens is 406 g/mol. The van der Waals surface area contributed by atoms with Crippen molar-refractivity contribution in [1.29, 1.82) is 0 Å². The maximum absolute atomic E-state index is 11.5. The minimum atomic E-state index is -3.00. The second-order valence-electron chi connectivity index (χ2n) is 7.92. The SMILES string of the molecule is CC.O=C(CN(CCOCC(O)(C1=CC=CCC1)C1CCCCC1)CC(O)(O)O)OO. The molecule has 2 aliphatic rings. The number of aliphatic hydroxyl groups is 4. The molecule has 9 nitrogen and oxygen atoms in total. The zero-order chi connectivity index (χ0) is 23.3. The van der Waals surface area contributed by atoms with E-state index in [0.29, 0.717) is 0 Å². The summed E-state index contributed by atoms with van der Waals surface area (Å²) in [5.74, 6) is -3.89. The number of allylic oxidation sites excluding steroid dienone is 3. The number of nitrogens with zero attached hydrogens (tertiary/aromatic N) is 1. The molecular formula is C22H39NO8. The average Bonchev–Trinajstić information content (AvgIpc) is 2.78. The summed E-state index contributed by atoms with van der Waals surface area (Å²) in [7, 11) is 0. The van der Waals surface area contributed by atoms with Crippen molar-refractivity contribution in [2.75, 3.05) is 32.8 Å². The zero-order valence-corrected chi connectivity index (χ0v) is 18.7. The van der Waals surface area contributed by atoms with Crippen LogP contribution < -0.4 is 0 Å². The van der Waals surface area contributed by atoms with Gasteiger partial charge in [0.05, 0.1) is 19.8 Å². The van der Waals surface area contributed by atoms with Crippen LogP contribution >= 0.6 is 0 Å². The number of hydrogen-bond acceptors (Lipinski definition) is 9. The minimum Gasteiger partial charge on any atom is -0.383 e. The van der Waals surface area contributed by atoms with Crippen molar-refractivity contribution in [1.82, 2.24) is 4.90 Å².